The Hall–Kier alpha value is -1.11. The summed E-state index contributed by atoms with van der Waals surface area (Å²) in [6, 6.07) is 4.61. The molecule has 0 aromatic heterocycles. The number of fused-ring (bicyclic) bond motifs is 5. The van der Waals surface area contributed by atoms with Gasteiger partial charge in [-0.25, -0.2) is 8.42 Å². The number of amides is 1. The number of hydrogen-bond donors (Lipinski definition) is 1. The molecule has 3 aliphatic rings. The van der Waals surface area contributed by atoms with Crippen molar-refractivity contribution < 1.29 is 13.2 Å². The number of hydrogen-bond acceptors (Lipinski definition) is 3. The summed E-state index contributed by atoms with van der Waals surface area (Å²) in [4.78, 5) is 13.1. The van der Waals surface area contributed by atoms with Crippen LogP contribution in [0.2, 0.25) is 5.02 Å². The van der Waals surface area contributed by atoms with Crippen molar-refractivity contribution in [1.29, 1.82) is 0 Å². The maximum Gasteiger partial charge on any atom is 0.253 e. The number of carbonyl (C=O) groups is 1. The van der Waals surface area contributed by atoms with Crippen molar-refractivity contribution in [3.8, 4) is 0 Å². The van der Waals surface area contributed by atoms with Gasteiger partial charge in [-0.2, -0.15) is 4.31 Å². The van der Waals surface area contributed by atoms with Gasteiger partial charge in [0.2, 0.25) is 10.0 Å². The molecule has 1 aromatic rings. The van der Waals surface area contributed by atoms with Crippen LogP contribution in [-0.4, -0.2) is 37.8 Å². The molecule has 3 saturated carbocycles. The molecule has 7 heteroatoms. The summed E-state index contributed by atoms with van der Waals surface area (Å²) in [5.74, 6) is 2.68. The highest BCUT2D eigenvalue weighted by atomic mass is 35.5. The van der Waals surface area contributed by atoms with Gasteiger partial charge in [0.25, 0.3) is 5.91 Å². The van der Waals surface area contributed by atoms with E-state index in [0.29, 0.717) is 19.0 Å². The fourth-order valence-electron chi connectivity index (χ4n) is 6.03. The lowest BCUT2D eigenvalue weighted by Crippen LogP contribution is -2.42. The van der Waals surface area contributed by atoms with Gasteiger partial charge in [0.1, 0.15) is 0 Å². The fraction of sp³-hybridized carbons (Fsp3) is 0.667. The smallest absolute Gasteiger partial charge is 0.253 e. The summed E-state index contributed by atoms with van der Waals surface area (Å²) in [6.45, 7) is 4.37. The summed E-state index contributed by atoms with van der Waals surface area (Å²) in [5, 5.41) is 3.47. The molecule has 3 fully saturated rings. The van der Waals surface area contributed by atoms with Crippen molar-refractivity contribution in [2.24, 2.45) is 23.7 Å². The lowest BCUT2D eigenvalue weighted by atomic mass is 9.79. The molecule has 0 saturated heterocycles. The second-order valence-electron chi connectivity index (χ2n) is 8.46. The molecule has 1 amide bonds. The van der Waals surface area contributed by atoms with Crippen molar-refractivity contribution >= 4 is 27.5 Å². The van der Waals surface area contributed by atoms with Crippen LogP contribution in [0.5, 0.6) is 0 Å². The molecule has 1 aromatic carbocycles. The van der Waals surface area contributed by atoms with Gasteiger partial charge in [-0.3, -0.25) is 4.79 Å². The van der Waals surface area contributed by atoms with Crippen LogP contribution in [0, 0.1) is 23.7 Å². The zero-order valence-corrected chi connectivity index (χ0v) is 18.1. The van der Waals surface area contributed by atoms with E-state index in [-0.39, 0.29) is 27.4 Å². The Balaban J connectivity index is 1.54. The monoisotopic (exact) mass is 424 g/mol. The predicted octanol–water partition coefficient (Wildman–Crippen LogP) is 3.93. The fourth-order valence-corrected chi connectivity index (χ4v) is 7.72. The molecule has 0 spiro atoms. The van der Waals surface area contributed by atoms with Crippen LogP contribution in [0.25, 0.3) is 0 Å². The first kappa shape index (κ1) is 20.2. The van der Waals surface area contributed by atoms with Gasteiger partial charge in [0.15, 0.2) is 0 Å². The van der Waals surface area contributed by atoms with Gasteiger partial charge in [0.05, 0.1) is 15.5 Å². The maximum atomic E-state index is 13.0. The summed E-state index contributed by atoms with van der Waals surface area (Å²) in [5.41, 5.74) is 0.251. The van der Waals surface area contributed by atoms with Gasteiger partial charge in [-0.05, 0) is 67.6 Å². The van der Waals surface area contributed by atoms with E-state index in [9.17, 15) is 13.2 Å². The van der Waals surface area contributed by atoms with Crippen molar-refractivity contribution in [2.45, 2.75) is 56.9 Å². The van der Waals surface area contributed by atoms with E-state index in [1.807, 2.05) is 0 Å². The van der Waals surface area contributed by atoms with E-state index >= 15 is 0 Å². The molecule has 3 aliphatic carbocycles. The number of halogens is 1. The maximum absolute atomic E-state index is 13.0. The third-order valence-electron chi connectivity index (χ3n) is 7.27. The van der Waals surface area contributed by atoms with E-state index in [2.05, 4.69) is 5.32 Å². The molecule has 154 valence electrons. The Bertz CT molecular complexity index is 868. The molecule has 5 atom stereocenters. The standard InChI is InChI=1S/C21H29ClN2O3S/c1-3-24(4-2)28(26,27)14-8-9-19(22)18(12-14)21(25)23-20-11-13-10-17(20)16-7-5-6-15(13)16/h8-9,12-13,15-17,20H,3-7,10-11H2,1-2H3,(H,23,25). The van der Waals surface area contributed by atoms with Gasteiger partial charge < -0.3 is 5.32 Å². The molecule has 2 bridgehead atoms. The van der Waals surface area contributed by atoms with Gasteiger partial charge in [0, 0.05) is 19.1 Å². The minimum absolute atomic E-state index is 0.120. The number of rotatable bonds is 6. The third-order valence-corrected chi connectivity index (χ3v) is 9.65. The Morgan fingerprint density at radius 1 is 1.14 bits per heavy atom. The molecule has 28 heavy (non-hydrogen) atoms. The minimum Gasteiger partial charge on any atom is -0.349 e. The van der Waals surface area contributed by atoms with E-state index < -0.39 is 10.0 Å². The molecule has 5 nitrogen and oxygen atoms in total. The normalized spacial score (nSPS) is 31.4. The van der Waals surface area contributed by atoms with Crippen LogP contribution in [0.4, 0.5) is 0 Å². The van der Waals surface area contributed by atoms with Crippen molar-refractivity contribution in [2.75, 3.05) is 13.1 Å². The highest BCUT2D eigenvalue weighted by molar-refractivity contribution is 7.89. The average Bonchev–Trinajstić information content (AvgIpc) is 3.35. The third kappa shape index (κ3) is 3.27. The van der Waals surface area contributed by atoms with E-state index in [1.54, 1.807) is 13.8 Å². The molecular formula is C21H29ClN2O3S. The van der Waals surface area contributed by atoms with Crippen LogP contribution >= 0.6 is 11.6 Å². The van der Waals surface area contributed by atoms with Crippen molar-refractivity contribution in [3.05, 3.63) is 28.8 Å². The number of benzene rings is 1. The predicted molar refractivity (Wildman–Crippen MR) is 110 cm³/mol. The molecule has 0 aliphatic heterocycles. The van der Waals surface area contributed by atoms with Gasteiger partial charge in [-0.1, -0.05) is 31.9 Å². The Labute approximate surface area is 172 Å². The highest BCUT2D eigenvalue weighted by Crippen LogP contribution is 2.58. The molecular weight excluding hydrogens is 396 g/mol. The van der Waals surface area contributed by atoms with Crippen LogP contribution in [-0.2, 0) is 10.0 Å². The first-order valence-electron chi connectivity index (χ1n) is 10.5. The van der Waals surface area contributed by atoms with Crippen LogP contribution in [0.3, 0.4) is 0 Å². The zero-order chi connectivity index (χ0) is 20.1. The number of sulfonamides is 1. The lowest BCUT2D eigenvalue weighted by molar-refractivity contribution is 0.0901. The van der Waals surface area contributed by atoms with Crippen LogP contribution < -0.4 is 5.32 Å². The molecule has 1 N–H and O–H groups in total. The Morgan fingerprint density at radius 3 is 2.57 bits per heavy atom. The first-order chi connectivity index (χ1) is 13.4. The van der Waals surface area contributed by atoms with Crippen LogP contribution in [0.1, 0.15) is 56.3 Å². The zero-order valence-electron chi connectivity index (χ0n) is 16.5. The van der Waals surface area contributed by atoms with Gasteiger partial charge >= 0.3 is 0 Å². The van der Waals surface area contributed by atoms with Crippen molar-refractivity contribution in [3.63, 3.8) is 0 Å². The summed E-state index contributed by atoms with van der Waals surface area (Å²) >= 11 is 6.27. The minimum atomic E-state index is -3.63. The summed E-state index contributed by atoms with van der Waals surface area (Å²) in [7, 11) is -3.63. The first-order valence-corrected chi connectivity index (χ1v) is 12.3. The summed E-state index contributed by atoms with van der Waals surface area (Å²) in [6.07, 6.45) is 6.23. The van der Waals surface area contributed by atoms with Gasteiger partial charge in [-0.15, -0.1) is 0 Å². The second-order valence-corrected chi connectivity index (χ2v) is 10.8. The largest absolute Gasteiger partial charge is 0.349 e. The van der Waals surface area contributed by atoms with E-state index in [0.717, 1.165) is 24.2 Å². The molecule has 5 unspecified atom stereocenters. The van der Waals surface area contributed by atoms with E-state index in [4.69, 9.17) is 11.6 Å². The van der Waals surface area contributed by atoms with Crippen LogP contribution in [0.15, 0.2) is 23.1 Å². The molecule has 0 heterocycles. The topological polar surface area (TPSA) is 66.5 Å². The number of carbonyl (C=O) groups excluding carboxylic acids is 1. The highest BCUT2D eigenvalue weighted by Gasteiger charge is 2.54. The Kier molecular flexibility index (Phi) is 5.49. The number of nitrogens with zero attached hydrogens (tertiary/aromatic N) is 1. The van der Waals surface area contributed by atoms with Crippen molar-refractivity contribution in [1.82, 2.24) is 9.62 Å². The second kappa shape index (κ2) is 7.62. The Morgan fingerprint density at radius 2 is 1.86 bits per heavy atom. The SMILES string of the molecule is CCN(CC)S(=O)(=O)c1ccc(Cl)c(C(=O)NC2CC3CC2C2CCCC32)c1. The summed E-state index contributed by atoms with van der Waals surface area (Å²) < 4.78 is 27.0. The van der Waals surface area contributed by atoms with E-state index in [1.165, 1.54) is 48.2 Å². The molecule has 0 radical (unpaired) electrons. The lowest BCUT2D eigenvalue weighted by Gasteiger charge is -2.32. The number of nitrogens with one attached hydrogen (secondary N) is 1. The average molecular weight is 425 g/mol. The quantitative estimate of drug-likeness (QED) is 0.752. The molecule has 4 rings (SSSR count).